The van der Waals surface area contributed by atoms with Crippen molar-refractivity contribution in [2.45, 2.75) is 13.8 Å². The number of benzene rings is 3. The van der Waals surface area contributed by atoms with Gasteiger partial charge in [0.1, 0.15) is 17.6 Å². The molecule has 1 aromatic heterocycles. The molecule has 0 atom stereocenters. The molecule has 1 amide bonds. The highest BCUT2D eigenvalue weighted by molar-refractivity contribution is 6.33. The van der Waals surface area contributed by atoms with Gasteiger partial charge in [-0.3, -0.25) is 9.59 Å². The molecule has 0 aliphatic carbocycles. The molecule has 4 rings (SSSR count). The number of carbonyl (C=O) groups is 1. The van der Waals surface area contributed by atoms with E-state index in [9.17, 15) is 9.59 Å². The molecule has 1 N–H and O–H groups in total. The molecule has 0 fully saturated rings. The van der Waals surface area contributed by atoms with Gasteiger partial charge in [0.25, 0.3) is 5.91 Å². The molecule has 0 aliphatic rings. The number of hydrogen-bond donors (Lipinski definition) is 1. The number of anilines is 1. The van der Waals surface area contributed by atoms with Gasteiger partial charge < -0.3 is 14.5 Å². The first-order chi connectivity index (χ1) is 14.9. The van der Waals surface area contributed by atoms with Crippen LogP contribution in [0.4, 0.5) is 5.69 Å². The lowest BCUT2D eigenvalue weighted by Gasteiger charge is -2.11. The Balaban J connectivity index is 1.51. The van der Waals surface area contributed by atoms with Crippen molar-refractivity contribution in [3.63, 3.8) is 0 Å². The minimum atomic E-state index is -0.275. The largest absolute Gasteiger partial charge is 0.484 e. The zero-order valence-electron chi connectivity index (χ0n) is 17.1. The molecule has 4 aromatic rings. The second-order valence-electron chi connectivity index (χ2n) is 7.27. The number of amides is 1. The fourth-order valence-electron chi connectivity index (χ4n) is 3.35. The quantitative estimate of drug-likeness (QED) is 0.435. The van der Waals surface area contributed by atoms with Gasteiger partial charge in [-0.1, -0.05) is 47.5 Å². The summed E-state index contributed by atoms with van der Waals surface area (Å²) >= 11 is 6.22. The van der Waals surface area contributed by atoms with E-state index < -0.39 is 0 Å². The minimum Gasteiger partial charge on any atom is -0.484 e. The van der Waals surface area contributed by atoms with Crippen molar-refractivity contribution >= 4 is 34.2 Å². The summed E-state index contributed by atoms with van der Waals surface area (Å²) in [7, 11) is 0. The van der Waals surface area contributed by atoms with Crippen molar-refractivity contribution in [1.82, 2.24) is 0 Å². The van der Waals surface area contributed by atoms with Gasteiger partial charge in [-0.15, -0.1) is 0 Å². The molecule has 0 bridgehead atoms. The number of halogens is 1. The minimum absolute atomic E-state index is 0.166. The Morgan fingerprint density at radius 1 is 1.03 bits per heavy atom. The molecular weight excluding hydrogens is 414 g/mol. The van der Waals surface area contributed by atoms with E-state index in [2.05, 4.69) is 5.32 Å². The Hall–Kier alpha value is -3.57. The van der Waals surface area contributed by atoms with Crippen LogP contribution < -0.4 is 15.5 Å². The van der Waals surface area contributed by atoms with Gasteiger partial charge in [-0.2, -0.15) is 0 Å². The first-order valence-corrected chi connectivity index (χ1v) is 10.1. The van der Waals surface area contributed by atoms with Gasteiger partial charge in [0.05, 0.1) is 10.9 Å². The molecule has 5 nitrogen and oxygen atoms in total. The molecular formula is C25H20ClNO4. The number of nitrogens with one attached hydrogen (secondary N) is 1. The summed E-state index contributed by atoms with van der Waals surface area (Å²) in [4.78, 5) is 25.1. The topological polar surface area (TPSA) is 68.5 Å². The monoisotopic (exact) mass is 433 g/mol. The van der Waals surface area contributed by atoms with E-state index in [1.165, 1.54) is 6.26 Å². The highest BCUT2D eigenvalue weighted by Gasteiger charge is 2.13. The zero-order valence-corrected chi connectivity index (χ0v) is 17.8. The Bertz CT molecular complexity index is 1340. The first kappa shape index (κ1) is 20.7. The molecule has 0 saturated carbocycles. The molecule has 31 heavy (non-hydrogen) atoms. The van der Waals surface area contributed by atoms with Crippen LogP contribution in [0.2, 0.25) is 5.02 Å². The van der Waals surface area contributed by atoms with Gasteiger partial charge >= 0.3 is 0 Å². The maximum absolute atomic E-state index is 12.9. The van der Waals surface area contributed by atoms with Crippen LogP contribution in [-0.4, -0.2) is 12.5 Å². The van der Waals surface area contributed by atoms with Crippen LogP contribution >= 0.6 is 11.6 Å². The average Bonchev–Trinajstić information content (AvgIpc) is 2.75. The predicted octanol–water partition coefficient (Wildman–Crippen LogP) is 5.75. The lowest BCUT2D eigenvalue weighted by Crippen LogP contribution is -2.20. The van der Waals surface area contributed by atoms with E-state index in [4.69, 9.17) is 20.8 Å². The fraction of sp³-hybridized carbons (Fsp3) is 0.120. The van der Waals surface area contributed by atoms with Crippen LogP contribution in [0, 0.1) is 13.8 Å². The van der Waals surface area contributed by atoms with Crippen molar-refractivity contribution in [2.24, 2.45) is 0 Å². The predicted molar refractivity (Wildman–Crippen MR) is 123 cm³/mol. The second-order valence-corrected chi connectivity index (χ2v) is 7.68. The lowest BCUT2D eigenvalue weighted by molar-refractivity contribution is -0.118. The summed E-state index contributed by atoms with van der Waals surface area (Å²) in [5.41, 5.74) is 4.04. The third-order valence-corrected chi connectivity index (χ3v) is 5.27. The maximum atomic E-state index is 12.9. The molecule has 0 radical (unpaired) electrons. The molecule has 0 aliphatic heterocycles. The summed E-state index contributed by atoms with van der Waals surface area (Å²) in [5.74, 6) is 0.152. The van der Waals surface area contributed by atoms with Crippen molar-refractivity contribution in [2.75, 3.05) is 11.9 Å². The van der Waals surface area contributed by atoms with Crippen molar-refractivity contribution in [3.8, 4) is 16.9 Å². The van der Waals surface area contributed by atoms with Crippen LogP contribution in [0.15, 0.2) is 76.1 Å². The van der Waals surface area contributed by atoms with Crippen LogP contribution in [-0.2, 0) is 4.79 Å². The summed E-state index contributed by atoms with van der Waals surface area (Å²) in [6, 6.07) is 17.8. The van der Waals surface area contributed by atoms with Crippen molar-refractivity contribution in [3.05, 3.63) is 93.3 Å². The zero-order chi connectivity index (χ0) is 22.0. The summed E-state index contributed by atoms with van der Waals surface area (Å²) in [6.07, 6.45) is 1.39. The van der Waals surface area contributed by atoms with E-state index in [1.807, 2.05) is 38.1 Å². The number of carbonyl (C=O) groups excluding carboxylic acids is 1. The highest BCUT2D eigenvalue weighted by Crippen LogP contribution is 2.28. The summed E-state index contributed by atoms with van der Waals surface area (Å²) < 4.78 is 11.3. The number of ether oxygens (including phenoxy) is 1. The number of fused-ring (bicyclic) bond motifs is 1. The lowest BCUT2D eigenvalue weighted by atomic mass is 10.1. The molecule has 0 saturated heterocycles. The summed E-state index contributed by atoms with van der Waals surface area (Å²) in [5, 5.41) is 3.72. The SMILES string of the molecule is Cc1ccc(NC(=O)COc2ccc3c(=O)c(-c4ccccc4Cl)coc3c2)c(C)c1. The van der Waals surface area contributed by atoms with Gasteiger partial charge in [0.2, 0.25) is 5.43 Å². The van der Waals surface area contributed by atoms with Gasteiger partial charge in [0.15, 0.2) is 6.61 Å². The van der Waals surface area contributed by atoms with Crippen molar-refractivity contribution in [1.29, 1.82) is 0 Å². The molecule has 1 heterocycles. The second kappa shape index (κ2) is 8.66. The molecule has 0 spiro atoms. The van der Waals surface area contributed by atoms with Crippen LogP contribution in [0.25, 0.3) is 22.1 Å². The third-order valence-electron chi connectivity index (χ3n) is 4.94. The average molecular weight is 434 g/mol. The standard InChI is InChI=1S/C25H20ClNO4/c1-15-7-10-22(16(2)11-15)27-24(28)14-30-17-8-9-19-23(12-17)31-13-20(25(19)29)18-5-3-4-6-21(18)26/h3-13H,14H2,1-2H3,(H,27,28). The van der Waals surface area contributed by atoms with Gasteiger partial charge in [-0.05, 0) is 43.7 Å². The first-order valence-electron chi connectivity index (χ1n) is 9.73. The van der Waals surface area contributed by atoms with Crippen LogP contribution in [0.5, 0.6) is 5.75 Å². The molecule has 6 heteroatoms. The van der Waals surface area contributed by atoms with Crippen LogP contribution in [0.3, 0.4) is 0 Å². The number of hydrogen-bond acceptors (Lipinski definition) is 4. The Morgan fingerprint density at radius 2 is 1.84 bits per heavy atom. The van der Waals surface area contributed by atoms with Gasteiger partial charge in [0, 0.05) is 22.3 Å². The normalized spacial score (nSPS) is 10.8. The summed E-state index contributed by atoms with van der Waals surface area (Å²) in [6.45, 7) is 3.77. The Kier molecular flexibility index (Phi) is 5.78. The van der Waals surface area contributed by atoms with E-state index in [0.717, 1.165) is 16.8 Å². The Labute approximate surface area is 184 Å². The smallest absolute Gasteiger partial charge is 0.262 e. The van der Waals surface area contributed by atoms with E-state index in [0.29, 0.717) is 32.9 Å². The van der Waals surface area contributed by atoms with E-state index in [-0.39, 0.29) is 17.9 Å². The highest BCUT2D eigenvalue weighted by atomic mass is 35.5. The Morgan fingerprint density at radius 3 is 2.61 bits per heavy atom. The van der Waals surface area contributed by atoms with E-state index in [1.54, 1.807) is 36.4 Å². The third kappa shape index (κ3) is 4.47. The van der Waals surface area contributed by atoms with Gasteiger partial charge in [-0.25, -0.2) is 0 Å². The van der Waals surface area contributed by atoms with E-state index >= 15 is 0 Å². The molecule has 0 unspecified atom stereocenters. The molecule has 3 aromatic carbocycles. The fourth-order valence-corrected chi connectivity index (χ4v) is 3.59. The number of rotatable bonds is 5. The number of aryl methyl sites for hydroxylation is 2. The molecule has 156 valence electrons. The van der Waals surface area contributed by atoms with Crippen LogP contribution in [0.1, 0.15) is 11.1 Å². The maximum Gasteiger partial charge on any atom is 0.262 e. The van der Waals surface area contributed by atoms with Crippen molar-refractivity contribution < 1.29 is 13.9 Å².